The summed E-state index contributed by atoms with van der Waals surface area (Å²) < 4.78 is 27.1. The number of aromatic nitrogens is 1. The van der Waals surface area contributed by atoms with Crippen LogP contribution < -0.4 is 5.32 Å². The summed E-state index contributed by atoms with van der Waals surface area (Å²) in [6, 6.07) is 11.0. The number of fused-ring (bicyclic) bond motifs is 3. The molecule has 5 rings (SSSR count). The zero-order valence-electron chi connectivity index (χ0n) is 17.6. The number of halogens is 2. The van der Waals surface area contributed by atoms with E-state index in [2.05, 4.69) is 10.3 Å². The molecule has 1 aromatic heterocycles. The fourth-order valence-electron chi connectivity index (χ4n) is 4.47. The van der Waals surface area contributed by atoms with Gasteiger partial charge in [-0.2, -0.15) is 0 Å². The average molecular weight is 435 g/mol. The van der Waals surface area contributed by atoms with E-state index in [4.69, 9.17) is 0 Å². The second kappa shape index (κ2) is 7.89. The van der Waals surface area contributed by atoms with Crippen molar-refractivity contribution in [2.75, 3.05) is 6.54 Å². The molecule has 2 heterocycles. The van der Waals surface area contributed by atoms with Crippen LogP contribution in [0.5, 0.6) is 0 Å². The first-order valence-electron chi connectivity index (χ1n) is 10.8. The van der Waals surface area contributed by atoms with Crippen molar-refractivity contribution in [1.82, 2.24) is 15.2 Å². The number of rotatable bonds is 3. The number of benzene rings is 2. The Balaban J connectivity index is 1.59. The lowest BCUT2D eigenvalue weighted by Gasteiger charge is -2.27. The van der Waals surface area contributed by atoms with Crippen LogP contribution in [0.25, 0.3) is 16.5 Å². The summed E-state index contributed by atoms with van der Waals surface area (Å²) in [6.07, 6.45) is 4.49. The highest BCUT2D eigenvalue weighted by Gasteiger charge is 2.32. The van der Waals surface area contributed by atoms with Gasteiger partial charge in [0.1, 0.15) is 0 Å². The van der Waals surface area contributed by atoms with E-state index in [1.807, 2.05) is 31.2 Å². The summed E-state index contributed by atoms with van der Waals surface area (Å²) >= 11 is 0. The van der Waals surface area contributed by atoms with E-state index in [0.717, 1.165) is 47.9 Å². The van der Waals surface area contributed by atoms with Crippen LogP contribution in [0.2, 0.25) is 0 Å². The highest BCUT2D eigenvalue weighted by molar-refractivity contribution is 6.21. The van der Waals surface area contributed by atoms with E-state index in [0.29, 0.717) is 17.8 Å². The molecule has 2 aliphatic rings. The molecule has 1 atom stereocenters. The molecule has 2 N–H and O–H groups in total. The van der Waals surface area contributed by atoms with Crippen molar-refractivity contribution in [3.05, 3.63) is 77.1 Å². The van der Waals surface area contributed by atoms with Gasteiger partial charge in [0.2, 0.25) is 0 Å². The van der Waals surface area contributed by atoms with Gasteiger partial charge >= 0.3 is 0 Å². The van der Waals surface area contributed by atoms with Crippen LogP contribution in [-0.2, 0) is 4.79 Å². The minimum Gasteiger partial charge on any atom is -0.354 e. The van der Waals surface area contributed by atoms with Crippen LogP contribution in [0.1, 0.15) is 53.7 Å². The Morgan fingerprint density at radius 1 is 1.09 bits per heavy atom. The summed E-state index contributed by atoms with van der Waals surface area (Å²) in [5.74, 6) is -2.93. The summed E-state index contributed by atoms with van der Waals surface area (Å²) in [5.41, 5.74) is 2.98. The van der Waals surface area contributed by atoms with E-state index in [-0.39, 0.29) is 23.4 Å². The molecule has 3 aromatic rings. The highest BCUT2D eigenvalue weighted by Crippen LogP contribution is 2.37. The molecule has 1 aliphatic carbocycles. The smallest absolute Gasteiger partial charge is 0.257 e. The lowest BCUT2D eigenvalue weighted by Crippen LogP contribution is -2.40. The molecule has 0 spiro atoms. The Labute approximate surface area is 184 Å². The molecule has 0 saturated heterocycles. The minimum atomic E-state index is -1.08. The summed E-state index contributed by atoms with van der Waals surface area (Å²) in [4.78, 5) is 31.3. The molecular formula is C25H23F2N3O2. The Kier molecular flexibility index (Phi) is 5.04. The number of nitrogens with zero attached hydrogens (tertiary/aromatic N) is 1. The number of para-hydroxylation sites is 1. The summed E-state index contributed by atoms with van der Waals surface area (Å²) in [6.45, 7) is 2.29. The van der Waals surface area contributed by atoms with Crippen LogP contribution in [-0.4, -0.2) is 34.3 Å². The number of carbonyl (C=O) groups excluding carboxylic acids is 2. The fourth-order valence-corrected chi connectivity index (χ4v) is 4.47. The third kappa shape index (κ3) is 3.47. The first-order valence-corrected chi connectivity index (χ1v) is 10.8. The lowest BCUT2D eigenvalue weighted by molar-refractivity contribution is -0.116. The van der Waals surface area contributed by atoms with Crippen molar-refractivity contribution in [2.24, 2.45) is 0 Å². The zero-order valence-corrected chi connectivity index (χ0v) is 17.6. The van der Waals surface area contributed by atoms with E-state index in [1.54, 1.807) is 0 Å². The zero-order chi connectivity index (χ0) is 22.4. The van der Waals surface area contributed by atoms with Crippen molar-refractivity contribution in [3.63, 3.8) is 0 Å². The van der Waals surface area contributed by atoms with Gasteiger partial charge in [-0.05, 0) is 49.1 Å². The molecule has 1 saturated carbocycles. The molecule has 2 aromatic carbocycles. The number of carbonyl (C=O) groups is 2. The Bertz CT molecular complexity index is 1260. The summed E-state index contributed by atoms with van der Waals surface area (Å²) in [5, 5.41) is 4.05. The quantitative estimate of drug-likeness (QED) is 0.626. The number of hydrogen-bond donors (Lipinski definition) is 2. The predicted octanol–water partition coefficient (Wildman–Crippen LogP) is 4.72. The van der Waals surface area contributed by atoms with Gasteiger partial charge < -0.3 is 15.2 Å². The average Bonchev–Trinajstić information content (AvgIpc) is 3.07. The summed E-state index contributed by atoms with van der Waals surface area (Å²) in [7, 11) is 0. The third-order valence-electron chi connectivity index (χ3n) is 6.38. The first-order chi connectivity index (χ1) is 15.4. The highest BCUT2D eigenvalue weighted by atomic mass is 19.2. The number of H-pyrrole nitrogens is 1. The van der Waals surface area contributed by atoms with Gasteiger partial charge in [-0.15, -0.1) is 0 Å². The molecule has 1 aliphatic heterocycles. The van der Waals surface area contributed by atoms with Gasteiger partial charge in [-0.25, -0.2) is 8.78 Å². The number of hydrogen-bond acceptors (Lipinski definition) is 2. The van der Waals surface area contributed by atoms with Crippen molar-refractivity contribution >= 4 is 28.3 Å². The van der Waals surface area contributed by atoms with Gasteiger partial charge in [0.15, 0.2) is 11.6 Å². The van der Waals surface area contributed by atoms with Crippen LogP contribution in [0.4, 0.5) is 8.78 Å². The molecule has 2 amide bonds. The topological polar surface area (TPSA) is 65.2 Å². The molecular weight excluding hydrogens is 412 g/mol. The SMILES string of the molecule is CC1CN(C(=O)c2ccc(F)c(F)c2)C=C(C(=O)NC2CCC2)c2[nH]c3ccccc3c21. The Morgan fingerprint density at radius 2 is 1.88 bits per heavy atom. The van der Waals surface area contributed by atoms with Gasteiger partial charge in [0, 0.05) is 41.2 Å². The standard InChI is InChI=1S/C25H23F2N3O2/c1-14-12-30(25(32)15-9-10-19(26)20(27)11-15)13-18(24(31)28-16-5-4-6-16)23-22(14)17-7-2-3-8-21(17)29-23/h2-3,7-11,13-14,16,29H,4-6,12H2,1H3,(H,28,31). The van der Waals surface area contributed by atoms with Crippen molar-refractivity contribution in [2.45, 2.75) is 38.1 Å². The molecule has 164 valence electrons. The van der Waals surface area contributed by atoms with Crippen LogP contribution in [0, 0.1) is 11.6 Å². The van der Waals surface area contributed by atoms with E-state index in [1.165, 1.54) is 17.2 Å². The number of aromatic amines is 1. The monoisotopic (exact) mass is 435 g/mol. The Hall–Kier alpha value is -3.48. The largest absolute Gasteiger partial charge is 0.354 e. The van der Waals surface area contributed by atoms with Gasteiger partial charge in [-0.3, -0.25) is 9.59 Å². The van der Waals surface area contributed by atoms with Crippen LogP contribution in [0.15, 0.2) is 48.7 Å². The van der Waals surface area contributed by atoms with E-state index >= 15 is 0 Å². The first kappa shape index (κ1) is 20.4. The third-order valence-corrected chi connectivity index (χ3v) is 6.38. The Morgan fingerprint density at radius 3 is 2.59 bits per heavy atom. The molecule has 32 heavy (non-hydrogen) atoms. The van der Waals surface area contributed by atoms with Crippen molar-refractivity contribution in [1.29, 1.82) is 0 Å². The van der Waals surface area contributed by atoms with Crippen molar-refractivity contribution < 1.29 is 18.4 Å². The maximum atomic E-state index is 13.8. The van der Waals surface area contributed by atoms with Crippen molar-refractivity contribution in [3.8, 4) is 0 Å². The fraction of sp³-hybridized carbons (Fsp3) is 0.280. The molecule has 0 bridgehead atoms. The molecule has 1 unspecified atom stereocenters. The van der Waals surface area contributed by atoms with Gasteiger partial charge in [0.25, 0.3) is 11.8 Å². The molecule has 5 nitrogen and oxygen atoms in total. The van der Waals surface area contributed by atoms with Crippen LogP contribution >= 0.6 is 0 Å². The second-order valence-electron chi connectivity index (χ2n) is 8.59. The van der Waals surface area contributed by atoms with Crippen LogP contribution in [0.3, 0.4) is 0 Å². The number of amides is 2. The van der Waals surface area contributed by atoms with Gasteiger partial charge in [0.05, 0.1) is 11.3 Å². The number of nitrogens with one attached hydrogen (secondary N) is 2. The lowest BCUT2D eigenvalue weighted by atomic mass is 9.92. The predicted molar refractivity (Wildman–Crippen MR) is 118 cm³/mol. The minimum absolute atomic E-state index is 0.0292. The molecule has 1 fully saturated rings. The maximum absolute atomic E-state index is 13.8. The maximum Gasteiger partial charge on any atom is 0.257 e. The normalized spacial score (nSPS) is 18.5. The molecule has 0 radical (unpaired) electrons. The van der Waals surface area contributed by atoms with E-state index < -0.39 is 17.5 Å². The van der Waals surface area contributed by atoms with E-state index in [9.17, 15) is 18.4 Å². The second-order valence-corrected chi connectivity index (χ2v) is 8.59. The van der Waals surface area contributed by atoms with Gasteiger partial charge in [-0.1, -0.05) is 25.1 Å². The molecule has 7 heteroatoms.